The van der Waals surface area contributed by atoms with Crippen LogP contribution in [0.2, 0.25) is 0 Å². The molecule has 74 valence electrons. The molecule has 1 aromatic carbocycles. The highest BCUT2D eigenvalue weighted by Gasteiger charge is 2.11. The Hall–Kier alpha value is -1.64. The van der Waals surface area contributed by atoms with Gasteiger partial charge < -0.3 is 4.74 Å². The molecule has 0 spiro atoms. The first-order chi connectivity index (χ1) is 6.50. The number of rotatable bonds is 2. The van der Waals surface area contributed by atoms with Crippen LogP contribution >= 0.6 is 0 Å². The highest BCUT2D eigenvalue weighted by Crippen LogP contribution is 2.18. The zero-order chi connectivity index (χ0) is 10.7. The normalized spacial score (nSPS) is 9.64. The number of hydrogen-bond acceptors (Lipinski definition) is 3. The molecule has 0 radical (unpaired) electrons. The van der Waals surface area contributed by atoms with E-state index in [1.807, 2.05) is 26.0 Å². The Labute approximate surface area is 82.7 Å². The number of Topliss-reactive ketones (excluding diaryl/α,β-unsaturated/α-hetero) is 1. The van der Waals surface area contributed by atoms with Gasteiger partial charge in [0.25, 0.3) is 0 Å². The van der Waals surface area contributed by atoms with Gasteiger partial charge in [-0.2, -0.15) is 0 Å². The van der Waals surface area contributed by atoms with Crippen molar-refractivity contribution in [3.05, 3.63) is 29.3 Å². The van der Waals surface area contributed by atoms with Crippen LogP contribution in [0.15, 0.2) is 18.2 Å². The molecule has 0 aromatic heterocycles. The molecule has 1 rings (SSSR count). The average Bonchev–Trinajstić information content (AvgIpc) is 2.09. The van der Waals surface area contributed by atoms with Gasteiger partial charge >= 0.3 is 5.97 Å². The second-order valence-electron chi connectivity index (χ2n) is 3.21. The van der Waals surface area contributed by atoms with E-state index in [1.165, 1.54) is 6.92 Å². The maximum absolute atomic E-state index is 11.0. The topological polar surface area (TPSA) is 43.4 Å². The van der Waals surface area contributed by atoms with Crippen molar-refractivity contribution >= 4 is 11.8 Å². The van der Waals surface area contributed by atoms with Crippen molar-refractivity contribution in [3.8, 4) is 5.75 Å². The number of hydrogen-bond donors (Lipinski definition) is 0. The van der Waals surface area contributed by atoms with E-state index in [1.54, 1.807) is 6.07 Å². The summed E-state index contributed by atoms with van der Waals surface area (Å²) in [6.07, 6.45) is 0. The number of carbonyl (C=O) groups is 2. The molecule has 0 heterocycles. The van der Waals surface area contributed by atoms with Crippen LogP contribution in [0.4, 0.5) is 0 Å². The molecule has 3 heteroatoms. The Bertz CT molecular complexity index is 380. The van der Waals surface area contributed by atoms with Crippen molar-refractivity contribution in [2.24, 2.45) is 0 Å². The largest absolute Gasteiger partial charge is 0.421 e. The highest BCUT2D eigenvalue weighted by molar-refractivity contribution is 6.33. The molecular formula is C11H12O3. The number of aryl methyl sites for hydroxylation is 2. The van der Waals surface area contributed by atoms with Crippen molar-refractivity contribution in [1.82, 2.24) is 0 Å². The molecule has 0 saturated carbocycles. The molecule has 0 aliphatic heterocycles. The first-order valence-electron chi connectivity index (χ1n) is 4.30. The Morgan fingerprint density at radius 3 is 2.36 bits per heavy atom. The van der Waals surface area contributed by atoms with Crippen LogP contribution in [0.5, 0.6) is 5.75 Å². The summed E-state index contributed by atoms with van der Waals surface area (Å²) in [5.74, 6) is -0.974. The summed E-state index contributed by atoms with van der Waals surface area (Å²) < 4.78 is 4.87. The molecule has 0 amide bonds. The minimum Gasteiger partial charge on any atom is -0.421 e. The van der Waals surface area contributed by atoms with E-state index in [4.69, 9.17) is 4.74 Å². The molecule has 3 nitrogen and oxygen atoms in total. The summed E-state index contributed by atoms with van der Waals surface area (Å²) in [6, 6.07) is 5.41. The maximum atomic E-state index is 11.0. The van der Waals surface area contributed by atoms with Crippen molar-refractivity contribution in [2.45, 2.75) is 20.8 Å². The molecule has 0 fully saturated rings. The third kappa shape index (κ3) is 2.42. The summed E-state index contributed by atoms with van der Waals surface area (Å²) in [6.45, 7) is 4.96. The lowest BCUT2D eigenvalue weighted by atomic mass is 10.1. The molecule has 0 bridgehead atoms. The van der Waals surface area contributed by atoms with Gasteiger partial charge in [0.1, 0.15) is 5.75 Å². The van der Waals surface area contributed by atoms with Gasteiger partial charge in [0.2, 0.25) is 5.78 Å². The van der Waals surface area contributed by atoms with Gasteiger partial charge in [0, 0.05) is 6.92 Å². The van der Waals surface area contributed by atoms with Gasteiger partial charge in [0.05, 0.1) is 0 Å². The number of carbonyl (C=O) groups excluding carboxylic acids is 2. The van der Waals surface area contributed by atoms with Gasteiger partial charge in [-0.05, 0) is 25.5 Å². The van der Waals surface area contributed by atoms with Gasteiger partial charge in [-0.3, -0.25) is 4.79 Å². The van der Waals surface area contributed by atoms with Gasteiger partial charge in [-0.15, -0.1) is 0 Å². The lowest BCUT2D eigenvalue weighted by Crippen LogP contribution is -2.17. The summed E-state index contributed by atoms with van der Waals surface area (Å²) in [4.78, 5) is 21.6. The van der Waals surface area contributed by atoms with E-state index in [9.17, 15) is 9.59 Å². The first kappa shape index (κ1) is 10.4. The average molecular weight is 192 g/mol. The van der Waals surface area contributed by atoms with Crippen LogP contribution < -0.4 is 4.74 Å². The van der Waals surface area contributed by atoms with E-state index >= 15 is 0 Å². The predicted molar refractivity (Wildman–Crippen MR) is 52.2 cm³/mol. The smallest absolute Gasteiger partial charge is 0.379 e. The number of ketones is 1. The van der Waals surface area contributed by atoms with Gasteiger partial charge in [-0.1, -0.05) is 17.7 Å². The maximum Gasteiger partial charge on any atom is 0.379 e. The van der Waals surface area contributed by atoms with Gasteiger partial charge in [-0.25, -0.2) is 4.79 Å². The van der Waals surface area contributed by atoms with Crippen LogP contribution in [0.3, 0.4) is 0 Å². The lowest BCUT2D eigenvalue weighted by molar-refractivity contribution is -0.146. The molecule has 0 aliphatic rings. The summed E-state index contributed by atoms with van der Waals surface area (Å²) in [5.41, 5.74) is 1.93. The van der Waals surface area contributed by atoms with E-state index in [0.717, 1.165) is 11.1 Å². The standard InChI is InChI=1S/C11H12O3/c1-7-4-5-10(8(2)6-7)14-11(13)9(3)12/h4-6H,1-3H3. The Morgan fingerprint density at radius 1 is 1.21 bits per heavy atom. The van der Waals surface area contributed by atoms with Crippen LogP contribution in [0.25, 0.3) is 0 Å². The molecule has 1 aromatic rings. The quantitative estimate of drug-likeness (QED) is 0.407. The molecule has 14 heavy (non-hydrogen) atoms. The Balaban J connectivity index is 2.87. The van der Waals surface area contributed by atoms with Crippen LogP contribution in [-0.2, 0) is 9.59 Å². The van der Waals surface area contributed by atoms with E-state index in [-0.39, 0.29) is 0 Å². The second kappa shape index (κ2) is 4.05. The van der Waals surface area contributed by atoms with Crippen LogP contribution in [0, 0.1) is 13.8 Å². The lowest BCUT2D eigenvalue weighted by Gasteiger charge is -2.05. The molecule has 0 saturated heterocycles. The summed E-state index contributed by atoms with van der Waals surface area (Å²) >= 11 is 0. The Kier molecular flexibility index (Phi) is 3.02. The molecular weight excluding hydrogens is 180 g/mol. The zero-order valence-corrected chi connectivity index (χ0v) is 8.46. The minimum absolute atomic E-state index is 0.441. The highest BCUT2D eigenvalue weighted by atomic mass is 16.5. The van der Waals surface area contributed by atoms with Gasteiger partial charge in [0.15, 0.2) is 0 Å². The third-order valence-electron chi connectivity index (χ3n) is 1.82. The molecule has 0 N–H and O–H groups in total. The summed E-state index contributed by atoms with van der Waals surface area (Å²) in [7, 11) is 0. The second-order valence-corrected chi connectivity index (χ2v) is 3.21. The summed E-state index contributed by atoms with van der Waals surface area (Å²) in [5, 5.41) is 0. The number of esters is 1. The molecule has 0 atom stereocenters. The molecule has 0 unspecified atom stereocenters. The van der Waals surface area contributed by atoms with E-state index in [2.05, 4.69) is 0 Å². The van der Waals surface area contributed by atoms with Crippen molar-refractivity contribution in [3.63, 3.8) is 0 Å². The first-order valence-corrected chi connectivity index (χ1v) is 4.30. The van der Waals surface area contributed by atoms with Crippen molar-refractivity contribution < 1.29 is 14.3 Å². The molecule has 0 aliphatic carbocycles. The fourth-order valence-corrected chi connectivity index (χ4v) is 1.09. The third-order valence-corrected chi connectivity index (χ3v) is 1.82. The zero-order valence-electron chi connectivity index (χ0n) is 8.46. The fraction of sp³-hybridized carbons (Fsp3) is 0.273. The predicted octanol–water partition coefficient (Wildman–Crippen LogP) is 1.80. The minimum atomic E-state index is -0.822. The monoisotopic (exact) mass is 192 g/mol. The van der Waals surface area contributed by atoms with E-state index < -0.39 is 11.8 Å². The van der Waals surface area contributed by atoms with Crippen LogP contribution in [0.1, 0.15) is 18.1 Å². The van der Waals surface area contributed by atoms with Crippen LogP contribution in [-0.4, -0.2) is 11.8 Å². The SMILES string of the molecule is CC(=O)C(=O)Oc1ccc(C)cc1C. The Morgan fingerprint density at radius 2 is 1.86 bits per heavy atom. The van der Waals surface area contributed by atoms with E-state index in [0.29, 0.717) is 5.75 Å². The van der Waals surface area contributed by atoms with Crippen molar-refractivity contribution in [1.29, 1.82) is 0 Å². The van der Waals surface area contributed by atoms with Crippen molar-refractivity contribution in [2.75, 3.05) is 0 Å². The fourth-order valence-electron chi connectivity index (χ4n) is 1.09. The number of ether oxygens (including phenoxy) is 1. The number of benzene rings is 1.